The summed E-state index contributed by atoms with van der Waals surface area (Å²) in [6.45, 7) is 4.46. The van der Waals surface area contributed by atoms with Gasteiger partial charge in [0.15, 0.2) is 0 Å². The number of hydrogen-bond acceptors (Lipinski definition) is 4. The van der Waals surface area contributed by atoms with Crippen molar-refractivity contribution in [1.82, 2.24) is 9.80 Å². The van der Waals surface area contributed by atoms with Crippen molar-refractivity contribution in [3.63, 3.8) is 0 Å². The van der Waals surface area contributed by atoms with Crippen LogP contribution in [0.15, 0.2) is 30.3 Å². The predicted molar refractivity (Wildman–Crippen MR) is 76.7 cm³/mol. The van der Waals surface area contributed by atoms with E-state index in [0.717, 1.165) is 31.8 Å². The molecule has 1 aromatic rings. The van der Waals surface area contributed by atoms with Crippen LogP contribution in [0.25, 0.3) is 0 Å². The average molecular weight is 278 g/mol. The molecule has 0 atom stereocenters. The van der Waals surface area contributed by atoms with Crippen molar-refractivity contribution in [2.24, 2.45) is 0 Å². The van der Waals surface area contributed by atoms with Crippen LogP contribution in [0.1, 0.15) is 6.42 Å². The van der Waals surface area contributed by atoms with Gasteiger partial charge in [-0.05, 0) is 18.6 Å². The first-order chi connectivity index (χ1) is 9.79. The van der Waals surface area contributed by atoms with Gasteiger partial charge in [-0.1, -0.05) is 18.2 Å². The van der Waals surface area contributed by atoms with E-state index in [1.165, 1.54) is 0 Å². The van der Waals surface area contributed by atoms with Gasteiger partial charge >= 0.3 is 0 Å². The molecular formula is C15H22N2O3. The number of nitrogens with zero attached hydrogens (tertiary/aromatic N) is 2. The van der Waals surface area contributed by atoms with E-state index in [1.54, 1.807) is 4.90 Å². The second-order valence-electron chi connectivity index (χ2n) is 4.90. The normalized spacial score (nSPS) is 16.1. The zero-order valence-corrected chi connectivity index (χ0v) is 11.7. The molecular weight excluding hydrogens is 256 g/mol. The van der Waals surface area contributed by atoms with Crippen LogP contribution in [-0.4, -0.2) is 66.8 Å². The first kappa shape index (κ1) is 14.8. The second-order valence-corrected chi connectivity index (χ2v) is 4.90. The lowest BCUT2D eigenvalue weighted by molar-refractivity contribution is -0.135. The minimum atomic E-state index is -0.384. The number of amides is 1. The highest BCUT2D eigenvalue weighted by Gasteiger charge is 2.19. The van der Waals surface area contributed by atoms with Gasteiger partial charge in [0.2, 0.25) is 5.91 Å². The number of benzene rings is 1. The molecule has 1 aliphatic rings. The number of aliphatic hydroxyl groups excluding tert-OH is 1. The smallest absolute Gasteiger partial charge is 0.248 e. The van der Waals surface area contributed by atoms with Gasteiger partial charge in [0, 0.05) is 32.7 Å². The SMILES string of the molecule is O=C(CO)N1CCN(CCCOc2ccccc2)CC1. The van der Waals surface area contributed by atoms with Gasteiger partial charge in [0.1, 0.15) is 12.4 Å². The van der Waals surface area contributed by atoms with Crippen molar-refractivity contribution < 1.29 is 14.6 Å². The zero-order chi connectivity index (χ0) is 14.2. The third-order valence-electron chi connectivity index (χ3n) is 3.49. The summed E-state index contributed by atoms with van der Waals surface area (Å²) in [6, 6.07) is 9.82. The molecule has 0 aliphatic carbocycles. The third kappa shape index (κ3) is 4.51. The van der Waals surface area contributed by atoms with E-state index in [4.69, 9.17) is 9.84 Å². The molecule has 1 fully saturated rings. The molecule has 5 heteroatoms. The van der Waals surface area contributed by atoms with Crippen molar-refractivity contribution in [3.8, 4) is 5.75 Å². The highest BCUT2D eigenvalue weighted by atomic mass is 16.5. The van der Waals surface area contributed by atoms with Crippen LogP contribution in [0.2, 0.25) is 0 Å². The van der Waals surface area contributed by atoms with Gasteiger partial charge in [-0.2, -0.15) is 0 Å². The van der Waals surface area contributed by atoms with Gasteiger partial charge < -0.3 is 14.7 Å². The minimum Gasteiger partial charge on any atom is -0.494 e. The number of hydrogen-bond donors (Lipinski definition) is 1. The van der Waals surface area contributed by atoms with Crippen LogP contribution in [0, 0.1) is 0 Å². The number of piperazine rings is 1. The number of ether oxygens (including phenoxy) is 1. The van der Waals surface area contributed by atoms with Crippen LogP contribution in [0.5, 0.6) is 5.75 Å². The van der Waals surface area contributed by atoms with Gasteiger partial charge in [0.25, 0.3) is 0 Å². The van der Waals surface area contributed by atoms with Gasteiger partial charge in [-0.3, -0.25) is 9.69 Å². The van der Waals surface area contributed by atoms with Crippen LogP contribution >= 0.6 is 0 Å². The topological polar surface area (TPSA) is 53.0 Å². The average Bonchev–Trinajstić information content (AvgIpc) is 2.52. The van der Waals surface area contributed by atoms with E-state index in [0.29, 0.717) is 19.7 Å². The fourth-order valence-electron chi connectivity index (χ4n) is 2.32. The maximum Gasteiger partial charge on any atom is 0.248 e. The Morgan fingerprint density at radius 3 is 2.50 bits per heavy atom. The van der Waals surface area contributed by atoms with Crippen LogP contribution in [0.4, 0.5) is 0 Å². The standard InChI is InChI=1S/C15H22N2O3/c18-13-15(19)17-10-8-16(9-11-17)7-4-12-20-14-5-2-1-3-6-14/h1-3,5-6,18H,4,7-13H2. The molecule has 0 unspecified atom stereocenters. The summed E-state index contributed by atoms with van der Waals surface area (Å²) in [4.78, 5) is 15.4. The fraction of sp³-hybridized carbons (Fsp3) is 0.533. The lowest BCUT2D eigenvalue weighted by Gasteiger charge is -2.34. The molecule has 1 aliphatic heterocycles. The van der Waals surface area contributed by atoms with E-state index in [1.807, 2.05) is 30.3 Å². The summed E-state index contributed by atoms with van der Waals surface area (Å²) in [7, 11) is 0. The molecule has 1 N–H and O–H groups in total. The number of carbonyl (C=O) groups excluding carboxylic acids is 1. The highest BCUT2D eigenvalue weighted by molar-refractivity contribution is 5.77. The molecule has 0 radical (unpaired) electrons. The maximum absolute atomic E-state index is 11.3. The molecule has 1 amide bonds. The van der Waals surface area contributed by atoms with Crippen molar-refractivity contribution in [1.29, 1.82) is 0 Å². The van der Waals surface area contributed by atoms with Gasteiger partial charge in [-0.25, -0.2) is 0 Å². The summed E-state index contributed by atoms with van der Waals surface area (Å²) in [5.41, 5.74) is 0. The molecule has 5 nitrogen and oxygen atoms in total. The Kier molecular flexibility index (Phi) is 5.83. The first-order valence-electron chi connectivity index (χ1n) is 7.08. The highest BCUT2D eigenvalue weighted by Crippen LogP contribution is 2.09. The van der Waals surface area contributed by atoms with Crippen molar-refractivity contribution in [2.75, 3.05) is 45.9 Å². The Morgan fingerprint density at radius 2 is 1.85 bits per heavy atom. The summed E-state index contributed by atoms with van der Waals surface area (Å²) < 4.78 is 5.65. The Labute approximate surface area is 119 Å². The lowest BCUT2D eigenvalue weighted by Crippen LogP contribution is -2.49. The van der Waals surface area contributed by atoms with E-state index >= 15 is 0 Å². The van der Waals surface area contributed by atoms with Crippen molar-refractivity contribution in [3.05, 3.63) is 30.3 Å². The molecule has 0 spiro atoms. The molecule has 1 aromatic carbocycles. The number of para-hydroxylation sites is 1. The van der Waals surface area contributed by atoms with E-state index in [2.05, 4.69) is 4.90 Å². The van der Waals surface area contributed by atoms with E-state index in [-0.39, 0.29) is 12.5 Å². The Morgan fingerprint density at radius 1 is 1.15 bits per heavy atom. The lowest BCUT2D eigenvalue weighted by atomic mass is 10.3. The summed E-state index contributed by atoms with van der Waals surface area (Å²) in [5, 5.41) is 8.81. The molecule has 110 valence electrons. The second kappa shape index (κ2) is 7.87. The molecule has 2 rings (SSSR count). The van der Waals surface area contributed by atoms with Gasteiger partial charge in [-0.15, -0.1) is 0 Å². The monoisotopic (exact) mass is 278 g/mol. The first-order valence-corrected chi connectivity index (χ1v) is 7.08. The number of carbonyl (C=O) groups is 1. The van der Waals surface area contributed by atoms with Gasteiger partial charge in [0.05, 0.1) is 6.61 Å². The third-order valence-corrected chi connectivity index (χ3v) is 3.49. The molecule has 20 heavy (non-hydrogen) atoms. The molecule has 0 saturated carbocycles. The predicted octanol–water partition coefficient (Wildman–Crippen LogP) is 0.592. The zero-order valence-electron chi connectivity index (χ0n) is 11.7. The minimum absolute atomic E-state index is 0.169. The summed E-state index contributed by atoms with van der Waals surface area (Å²) >= 11 is 0. The number of aliphatic hydroxyl groups is 1. The van der Waals surface area contributed by atoms with E-state index < -0.39 is 0 Å². The quantitative estimate of drug-likeness (QED) is 0.774. The van der Waals surface area contributed by atoms with Crippen LogP contribution in [0.3, 0.4) is 0 Å². The summed E-state index contributed by atoms with van der Waals surface area (Å²) in [6.07, 6.45) is 0.975. The fourth-order valence-corrected chi connectivity index (χ4v) is 2.32. The summed E-state index contributed by atoms with van der Waals surface area (Å²) in [5.74, 6) is 0.739. The molecule has 0 bridgehead atoms. The molecule has 1 heterocycles. The van der Waals surface area contributed by atoms with Crippen molar-refractivity contribution in [2.45, 2.75) is 6.42 Å². The van der Waals surface area contributed by atoms with Crippen LogP contribution < -0.4 is 4.74 Å². The molecule has 1 saturated heterocycles. The largest absolute Gasteiger partial charge is 0.494 e. The van der Waals surface area contributed by atoms with Crippen LogP contribution in [-0.2, 0) is 4.79 Å². The Hall–Kier alpha value is -1.59. The maximum atomic E-state index is 11.3. The number of rotatable bonds is 6. The Balaban J connectivity index is 1.58. The van der Waals surface area contributed by atoms with Crippen molar-refractivity contribution >= 4 is 5.91 Å². The Bertz CT molecular complexity index is 403. The van der Waals surface area contributed by atoms with E-state index in [9.17, 15) is 4.79 Å². The molecule has 0 aromatic heterocycles.